The summed E-state index contributed by atoms with van der Waals surface area (Å²) in [7, 11) is 0. The Kier molecular flexibility index (Phi) is 6.02. The molecule has 1 saturated heterocycles. The second-order valence-electron chi connectivity index (χ2n) is 9.26. The fourth-order valence-electron chi connectivity index (χ4n) is 4.02. The third-order valence-electron chi connectivity index (χ3n) is 5.75. The topological polar surface area (TPSA) is 61.8 Å². The number of esters is 2. The SMILES string of the molecule is C[C@H]1O[C@@H](C(C)(C)C)OC(=O)[C@@H]1[C@@H](OC(=O)c1ccccc1)c1cccc2ccccc12. The smallest absolute Gasteiger partial charge is 0.338 e. The third kappa shape index (κ3) is 4.39. The average molecular weight is 433 g/mol. The van der Waals surface area contributed by atoms with Gasteiger partial charge in [-0.05, 0) is 29.8 Å². The maximum absolute atomic E-state index is 13.2. The van der Waals surface area contributed by atoms with Crippen molar-refractivity contribution < 1.29 is 23.8 Å². The van der Waals surface area contributed by atoms with Crippen LogP contribution in [0.1, 0.15) is 49.7 Å². The van der Waals surface area contributed by atoms with Gasteiger partial charge in [-0.2, -0.15) is 0 Å². The van der Waals surface area contributed by atoms with Crippen molar-refractivity contribution in [3.05, 3.63) is 83.9 Å². The first-order valence-corrected chi connectivity index (χ1v) is 10.9. The molecule has 1 fully saturated rings. The molecular weight excluding hydrogens is 404 g/mol. The summed E-state index contributed by atoms with van der Waals surface area (Å²) >= 11 is 0. The van der Waals surface area contributed by atoms with Crippen molar-refractivity contribution in [1.29, 1.82) is 0 Å². The molecule has 1 aliphatic heterocycles. The first kappa shape index (κ1) is 22.0. The summed E-state index contributed by atoms with van der Waals surface area (Å²) in [5.41, 5.74) is 0.798. The molecule has 0 radical (unpaired) electrons. The van der Waals surface area contributed by atoms with Crippen LogP contribution >= 0.6 is 0 Å². The van der Waals surface area contributed by atoms with Gasteiger partial charge in [0.2, 0.25) is 6.29 Å². The van der Waals surface area contributed by atoms with Gasteiger partial charge >= 0.3 is 11.9 Å². The highest BCUT2D eigenvalue weighted by molar-refractivity contribution is 5.91. The van der Waals surface area contributed by atoms with Crippen molar-refractivity contribution in [3.63, 3.8) is 0 Å². The predicted molar refractivity (Wildman–Crippen MR) is 122 cm³/mol. The molecule has 1 aliphatic rings. The van der Waals surface area contributed by atoms with Crippen molar-refractivity contribution in [2.75, 3.05) is 0 Å². The van der Waals surface area contributed by atoms with Crippen molar-refractivity contribution in [1.82, 2.24) is 0 Å². The number of hydrogen-bond donors (Lipinski definition) is 0. The summed E-state index contributed by atoms with van der Waals surface area (Å²) in [5.74, 6) is -1.73. The molecule has 4 rings (SSSR count). The lowest BCUT2D eigenvalue weighted by molar-refractivity contribution is -0.261. The second kappa shape index (κ2) is 8.75. The highest BCUT2D eigenvalue weighted by atomic mass is 16.7. The van der Waals surface area contributed by atoms with E-state index < -0.39 is 36.4 Å². The standard InChI is InChI=1S/C27H28O5/c1-17-22(25(29)32-26(30-17)27(2,3)4)23(31-24(28)19-12-6-5-7-13-19)21-16-10-14-18-11-8-9-15-20(18)21/h5-17,22-23,26H,1-4H3/t17-,22+,23+,26-/m1/s1. The van der Waals surface area contributed by atoms with Gasteiger partial charge in [0.15, 0.2) is 0 Å². The Morgan fingerprint density at radius 2 is 1.59 bits per heavy atom. The van der Waals surface area contributed by atoms with Gasteiger partial charge < -0.3 is 14.2 Å². The zero-order chi connectivity index (χ0) is 22.9. The molecule has 0 aliphatic carbocycles. The number of ether oxygens (including phenoxy) is 3. The zero-order valence-electron chi connectivity index (χ0n) is 18.8. The Morgan fingerprint density at radius 1 is 0.938 bits per heavy atom. The quantitative estimate of drug-likeness (QED) is 0.496. The zero-order valence-corrected chi connectivity index (χ0v) is 18.8. The molecule has 3 aromatic carbocycles. The Bertz CT molecular complexity index is 1110. The minimum Gasteiger partial charge on any atom is -0.453 e. The summed E-state index contributed by atoms with van der Waals surface area (Å²) in [4.78, 5) is 26.3. The van der Waals surface area contributed by atoms with Gasteiger partial charge in [-0.25, -0.2) is 4.79 Å². The van der Waals surface area contributed by atoms with Crippen LogP contribution in [0.25, 0.3) is 10.8 Å². The molecule has 32 heavy (non-hydrogen) atoms. The lowest BCUT2D eigenvalue weighted by Crippen LogP contribution is -2.49. The molecule has 0 amide bonds. The molecule has 5 nitrogen and oxygen atoms in total. The van der Waals surface area contributed by atoms with Crippen LogP contribution in [0.5, 0.6) is 0 Å². The first-order chi connectivity index (χ1) is 15.3. The van der Waals surface area contributed by atoms with E-state index in [4.69, 9.17) is 14.2 Å². The molecule has 166 valence electrons. The van der Waals surface area contributed by atoms with E-state index in [0.717, 1.165) is 16.3 Å². The highest BCUT2D eigenvalue weighted by Crippen LogP contribution is 2.40. The Hall–Kier alpha value is -3.18. The predicted octanol–water partition coefficient (Wildman–Crippen LogP) is 5.69. The van der Waals surface area contributed by atoms with Crippen molar-refractivity contribution in [3.8, 4) is 0 Å². The van der Waals surface area contributed by atoms with Gasteiger partial charge in [-0.3, -0.25) is 4.79 Å². The van der Waals surface area contributed by atoms with Crippen LogP contribution in [-0.4, -0.2) is 24.3 Å². The number of rotatable bonds is 4. The number of cyclic esters (lactones) is 1. The monoisotopic (exact) mass is 432 g/mol. The van der Waals surface area contributed by atoms with E-state index >= 15 is 0 Å². The highest BCUT2D eigenvalue weighted by Gasteiger charge is 2.47. The lowest BCUT2D eigenvalue weighted by atomic mass is 9.86. The van der Waals surface area contributed by atoms with Crippen LogP contribution in [-0.2, 0) is 19.0 Å². The van der Waals surface area contributed by atoms with E-state index in [1.807, 2.05) is 76.2 Å². The Labute approximate surface area is 188 Å². The van der Waals surface area contributed by atoms with Crippen molar-refractivity contribution >= 4 is 22.7 Å². The van der Waals surface area contributed by atoms with Crippen molar-refractivity contribution in [2.24, 2.45) is 11.3 Å². The van der Waals surface area contributed by atoms with Gasteiger partial charge in [0, 0.05) is 11.0 Å². The van der Waals surface area contributed by atoms with Crippen LogP contribution in [0.15, 0.2) is 72.8 Å². The maximum Gasteiger partial charge on any atom is 0.338 e. The lowest BCUT2D eigenvalue weighted by Gasteiger charge is -2.41. The number of fused-ring (bicyclic) bond motifs is 1. The Morgan fingerprint density at radius 3 is 2.28 bits per heavy atom. The van der Waals surface area contributed by atoms with E-state index in [0.29, 0.717) is 5.56 Å². The van der Waals surface area contributed by atoms with E-state index in [9.17, 15) is 9.59 Å². The van der Waals surface area contributed by atoms with Gasteiger partial charge in [0.25, 0.3) is 0 Å². The Balaban J connectivity index is 1.76. The molecule has 1 heterocycles. The molecule has 0 saturated carbocycles. The number of benzene rings is 3. The molecule has 0 unspecified atom stereocenters. The van der Waals surface area contributed by atoms with Crippen LogP contribution < -0.4 is 0 Å². The average Bonchev–Trinajstić information content (AvgIpc) is 2.77. The van der Waals surface area contributed by atoms with Crippen LogP contribution in [0, 0.1) is 11.3 Å². The molecule has 0 aromatic heterocycles. The largest absolute Gasteiger partial charge is 0.453 e. The summed E-state index contributed by atoms with van der Waals surface area (Å²) in [6.07, 6.45) is -2.04. The van der Waals surface area contributed by atoms with Gasteiger partial charge in [0.1, 0.15) is 12.0 Å². The van der Waals surface area contributed by atoms with E-state index in [2.05, 4.69) is 0 Å². The van der Waals surface area contributed by atoms with E-state index in [1.54, 1.807) is 24.3 Å². The molecule has 0 spiro atoms. The minimum atomic E-state index is -0.864. The fourth-order valence-corrected chi connectivity index (χ4v) is 4.02. The van der Waals surface area contributed by atoms with Crippen molar-refractivity contribution in [2.45, 2.75) is 46.2 Å². The fraction of sp³-hybridized carbons (Fsp3) is 0.333. The minimum absolute atomic E-state index is 0.370. The normalized spacial score (nSPS) is 22.2. The summed E-state index contributed by atoms with van der Waals surface area (Å²) in [6.45, 7) is 7.69. The summed E-state index contributed by atoms with van der Waals surface area (Å²) in [6, 6.07) is 22.4. The van der Waals surface area contributed by atoms with Crippen LogP contribution in [0.4, 0.5) is 0 Å². The molecule has 3 aromatic rings. The molecule has 0 bridgehead atoms. The maximum atomic E-state index is 13.2. The number of carbonyl (C=O) groups is 2. The molecular formula is C27H28O5. The van der Waals surface area contributed by atoms with Gasteiger partial charge in [0.05, 0.1) is 11.7 Å². The van der Waals surface area contributed by atoms with Crippen LogP contribution in [0.2, 0.25) is 0 Å². The first-order valence-electron chi connectivity index (χ1n) is 10.9. The van der Waals surface area contributed by atoms with Gasteiger partial charge in [-0.15, -0.1) is 0 Å². The molecule has 0 N–H and O–H groups in total. The van der Waals surface area contributed by atoms with Crippen LogP contribution in [0.3, 0.4) is 0 Å². The summed E-state index contributed by atoms with van der Waals surface area (Å²) < 4.78 is 17.8. The third-order valence-corrected chi connectivity index (χ3v) is 5.75. The summed E-state index contributed by atoms with van der Waals surface area (Å²) in [5, 5.41) is 1.91. The number of carbonyl (C=O) groups excluding carboxylic acids is 2. The number of hydrogen-bond acceptors (Lipinski definition) is 5. The molecule has 4 atom stereocenters. The van der Waals surface area contributed by atoms with Gasteiger partial charge in [-0.1, -0.05) is 81.4 Å². The van der Waals surface area contributed by atoms with E-state index in [-0.39, 0.29) is 5.41 Å². The van der Waals surface area contributed by atoms with E-state index in [1.165, 1.54) is 0 Å². The second-order valence-corrected chi connectivity index (χ2v) is 9.26. The molecule has 5 heteroatoms.